The van der Waals surface area contributed by atoms with Crippen LogP contribution in [0.25, 0.3) is 11.0 Å². The van der Waals surface area contributed by atoms with E-state index in [1.54, 1.807) is 49.4 Å². The Kier molecular flexibility index (Phi) is 6.31. The first-order valence-electron chi connectivity index (χ1n) is 10.5. The number of hydrogen-bond acceptors (Lipinski definition) is 5. The molecule has 0 unspecified atom stereocenters. The monoisotopic (exact) mass is 444 g/mol. The molecule has 1 atom stereocenters. The number of amides is 2. The Morgan fingerprint density at radius 3 is 2.39 bits per heavy atom. The number of anilines is 2. The number of aryl methyl sites for hydroxylation is 1. The number of nitrogens with one attached hydrogen (secondary N) is 2. The Labute approximate surface area is 191 Å². The maximum absolute atomic E-state index is 13.0. The number of fused-ring (bicyclic) bond motifs is 1. The summed E-state index contributed by atoms with van der Waals surface area (Å²) in [6.45, 7) is 3.56. The summed E-state index contributed by atoms with van der Waals surface area (Å²) < 4.78 is 16.9. The van der Waals surface area contributed by atoms with E-state index in [1.807, 2.05) is 37.3 Å². The fourth-order valence-electron chi connectivity index (χ4n) is 3.43. The Balaban J connectivity index is 1.60. The lowest BCUT2D eigenvalue weighted by Gasteiger charge is -2.16. The quantitative estimate of drug-likeness (QED) is 0.398. The molecule has 0 aliphatic carbocycles. The van der Waals surface area contributed by atoms with E-state index in [-0.39, 0.29) is 11.4 Å². The Morgan fingerprint density at radius 2 is 1.64 bits per heavy atom. The topological polar surface area (TPSA) is 89.8 Å². The van der Waals surface area contributed by atoms with Gasteiger partial charge in [0.25, 0.3) is 11.8 Å². The summed E-state index contributed by atoms with van der Waals surface area (Å²) in [7, 11) is 1.53. The van der Waals surface area contributed by atoms with Gasteiger partial charge in [0.15, 0.2) is 17.6 Å². The molecule has 0 bridgehead atoms. The van der Waals surface area contributed by atoms with Crippen molar-refractivity contribution in [3.8, 4) is 11.5 Å². The highest BCUT2D eigenvalue weighted by molar-refractivity contribution is 6.15. The standard InChI is InChI=1S/C26H24N2O5/c1-16-9-8-10-18(15-16)27-26(30)24-23(19-11-4-5-12-20(19)33-24)28-25(29)17(2)32-22-14-7-6-13-21(22)31-3/h4-15,17H,1-3H3,(H,27,30)(H,28,29)/t17-/m1/s1. The van der Waals surface area contributed by atoms with Crippen molar-refractivity contribution in [2.45, 2.75) is 20.0 Å². The number of benzene rings is 3. The molecule has 0 radical (unpaired) electrons. The van der Waals surface area contributed by atoms with Gasteiger partial charge in [0.2, 0.25) is 5.76 Å². The van der Waals surface area contributed by atoms with Gasteiger partial charge in [0, 0.05) is 11.1 Å². The fraction of sp³-hybridized carbons (Fsp3) is 0.154. The van der Waals surface area contributed by atoms with Crippen LogP contribution in [0.2, 0.25) is 0 Å². The minimum absolute atomic E-state index is 0.00977. The molecule has 168 valence electrons. The third-order valence-corrected chi connectivity index (χ3v) is 5.07. The number of ether oxygens (including phenoxy) is 2. The molecule has 4 rings (SSSR count). The average molecular weight is 444 g/mol. The molecule has 0 aliphatic heterocycles. The van der Waals surface area contributed by atoms with E-state index in [4.69, 9.17) is 13.9 Å². The second kappa shape index (κ2) is 9.48. The van der Waals surface area contributed by atoms with Crippen LogP contribution in [0.4, 0.5) is 11.4 Å². The van der Waals surface area contributed by atoms with Crippen molar-refractivity contribution in [1.29, 1.82) is 0 Å². The molecule has 1 aromatic heterocycles. The summed E-state index contributed by atoms with van der Waals surface area (Å²) in [4.78, 5) is 26.0. The fourth-order valence-corrected chi connectivity index (χ4v) is 3.43. The van der Waals surface area contributed by atoms with Crippen molar-refractivity contribution >= 4 is 34.2 Å². The first-order valence-corrected chi connectivity index (χ1v) is 10.5. The zero-order valence-electron chi connectivity index (χ0n) is 18.5. The first-order chi connectivity index (χ1) is 16.0. The van der Waals surface area contributed by atoms with Gasteiger partial charge in [-0.1, -0.05) is 36.4 Å². The third kappa shape index (κ3) is 4.82. The van der Waals surface area contributed by atoms with Crippen LogP contribution in [-0.4, -0.2) is 25.0 Å². The maximum Gasteiger partial charge on any atom is 0.293 e. The zero-order chi connectivity index (χ0) is 23.4. The summed E-state index contributed by atoms with van der Waals surface area (Å²) in [6.07, 6.45) is -0.859. The molecule has 2 amide bonds. The lowest BCUT2D eigenvalue weighted by atomic mass is 10.2. The molecule has 0 saturated heterocycles. The van der Waals surface area contributed by atoms with Crippen molar-refractivity contribution < 1.29 is 23.5 Å². The van der Waals surface area contributed by atoms with E-state index in [0.29, 0.717) is 28.2 Å². The lowest BCUT2D eigenvalue weighted by Crippen LogP contribution is -2.31. The van der Waals surface area contributed by atoms with Crippen LogP contribution in [0.15, 0.2) is 77.2 Å². The van der Waals surface area contributed by atoms with Gasteiger partial charge < -0.3 is 24.5 Å². The van der Waals surface area contributed by atoms with Crippen LogP contribution in [0.3, 0.4) is 0 Å². The largest absolute Gasteiger partial charge is 0.493 e. The number of rotatable bonds is 7. The van der Waals surface area contributed by atoms with Crippen molar-refractivity contribution in [3.63, 3.8) is 0 Å². The Morgan fingerprint density at radius 1 is 0.909 bits per heavy atom. The molecule has 4 aromatic rings. The highest BCUT2D eigenvalue weighted by Gasteiger charge is 2.25. The van der Waals surface area contributed by atoms with Crippen molar-refractivity contribution in [1.82, 2.24) is 0 Å². The molecule has 1 heterocycles. The lowest BCUT2D eigenvalue weighted by molar-refractivity contribution is -0.122. The highest BCUT2D eigenvalue weighted by atomic mass is 16.5. The molecular formula is C26H24N2O5. The molecule has 2 N–H and O–H groups in total. The van der Waals surface area contributed by atoms with E-state index in [0.717, 1.165) is 5.56 Å². The molecule has 33 heavy (non-hydrogen) atoms. The molecule has 3 aromatic carbocycles. The zero-order valence-corrected chi connectivity index (χ0v) is 18.5. The number of furan rings is 1. The molecule has 0 aliphatic rings. The van der Waals surface area contributed by atoms with Gasteiger partial charge in [-0.15, -0.1) is 0 Å². The molecule has 0 saturated carbocycles. The minimum atomic E-state index is -0.859. The van der Waals surface area contributed by atoms with Gasteiger partial charge in [-0.25, -0.2) is 0 Å². The normalized spacial score (nSPS) is 11.6. The minimum Gasteiger partial charge on any atom is -0.493 e. The van der Waals surface area contributed by atoms with Crippen LogP contribution in [0.1, 0.15) is 23.0 Å². The van der Waals surface area contributed by atoms with Crippen LogP contribution in [0, 0.1) is 6.92 Å². The Hall–Kier alpha value is -4.26. The maximum atomic E-state index is 13.0. The predicted molar refractivity (Wildman–Crippen MR) is 127 cm³/mol. The van der Waals surface area contributed by atoms with E-state index >= 15 is 0 Å². The molecule has 0 fully saturated rings. The molecular weight excluding hydrogens is 420 g/mol. The summed E-state index contributed by atoms with van der Waals surface area (Å²) in [5.41, 5.74) is 2.41. The first kappa shape index (κ1) is 22.0. The number of methoxy groups -OCH3 is 1. The third-order valence-electron chi connectivity index (χ3n) is 5.07. The van der Waals surface area contributed by atoms with Crippen molar-refractivity contribution in [2.75, 3.05) is 17.7 Å². The smallest absolute Gasteiger partial charge is 0.293 e. The van der Waals surface area contributed by atoms with Gasteiger partial charge in [-0.3, -0.25) is 9.59 Å². The van der Waals surface area contributed by atoms with E-state index in [9.17, 15) is 9.59 Å². The number of carbonyl (C=O) groups excluding carboxylic acids is 2. The average Bonchev–Trinajstić information content (AvgIpc) is 3.18. The SMILES string of the molecule is COc1ccccc1O[C@H](C)C(=O)Nc1c(C(=O)Nc2cccc(C)c2)oc2ccccc12. The summed E-state index contributed by atoms with van der Waals surface area (Å²) in [6, 6.07) is 21.6. The van der Waals surface area contributed by atoms with E-state index in [1.165, 1.54) is 7.11 Å². The summed E-state index contributed by atoms with van der Waals surface area (Å²) >= 11 is 0. The van der Waals surface area contributed by atoms with Crippen molar-refractivity contribution in [2.24, 2.45) is 0 Å². The van der Waals surface area contributed by atoms with E-state index < -0.39 is 17.9 Å². The second-order valence-corrected chi connectivity index (χ2v) is 7.53. The van der Waals surface area contributed by atoms with Gasteiger partial charge >= 0.3 is 0 Å². The summed E-state index contributed by atoms with van der Waals surface area (Å²) in [5, 5.41) is 6.25. The van der Waals surface area contributed by atoms with Crippen LogP contribution >= 0.6 is 0 Å². The summed E-state index contributed by atoms with van der Waals surface area (Å²) in [5.74, 6) is 0.0688. The number of para-hydroxylation sites is 3. The second-order valence-electron chi connectivity index (χ2n) is 7.53. The number of carbonyl (C=O) groups is 2. The molecule has 7 heteroatoms. The highest BCUT2D eigenvalue weighted by Crippen LogP contribution is 2.32. The molecule has 7 nitrogen and oxygen atoms in total. The van der Waals surface area contributed by atoms with Gasteiger partial charge in [-0.2, -0.15) is 0 Å². The predicted octanol–water partition coefficient (Wildman–Crippen LogP) is 5.41. The van der Waals surface area contributed by atoms with Gasteiger partial charge in [0.05, 0.1) is 7.11 Å². The van der Waals surface area contributed by atoms with Gasteiger partial charge in [0.1, 0.15) is 11.3 Å². The van der Waals surface area contributed by atoms with Gasteiger partial charge in [-0.05, 0) is 55.8 Å². The van der Waals surface area contributed by atoms with Crippen molar-refractivity contribution in [3.05, 3.63) is 84.1 Å². The number of hydrogen-bond donors (Lipinski definition) is 2. The van der Waals surface area contributed by atoms with Crippen LogP contribution in [0.5, 0.6) is 11.5 Å². The Bertz CT molecular complexity index is 1310. The van der Waals surface area contributed by atoms with Crippen LogP contribution in [-0.2, 0) is 4.79 Å². The van der Waals surface area contributed by atoms with Crippen LogP contribution < -0.4 is 20.1 Å². The molecule has 0 spiro atoms. The van der Waals surface area contributed by atoms with E-state index in [2.05, 4.69) is 10.6 Å².